The van der Waals surface area contributed by atoms with Gasteiger partial charge in [-0.15, -0.1) is 0 Å². The molecule has 1 fully saturated rings. The van der Waals surface area contributed by atoms with Crippen LogP contribution in [-0.2, 0) is 6.54 Å². The number of oxazole rings is 1. The summed E-state index contributed by atoms with van der Waals surface area (Å²) in [7, 11) is 0. The number of nitrogens with one attached hydrogen (secondary N) is 1. The monoisotopic (exact) mass is 349 g/mol. The van der Waals surface area contributed by atoms with Crippen LogP contribution in [0.25, 0.3) is 11.3 Å². The lowest BCUT2D eigenvalue weighted by Crippen LogP contribution is -2.43. The van der Waals surface area contributed by atoms with Crippen molar-refractivity contribution in [1.29, 1.82) is 0 Å². The molecule has 0 bridgehead atoms. The van der Waals surface area contributed by atoms with E-state index in [1.807, 2.05) is 19.1 Å². The average molecular weight is 350 g/mol. The lowest BCUT2D eigenvalue weighted by Gasteiger charge is -2.22. The van der Waals surface area contributed by atoms with E-state index in [1.54, 1.807) is 17.0 Å². The number of amides is 2. The van der Waals surface area contributed by atoms with E-state index >= 15 is 0 Å². The summed E-state index contributed by atoms with van der Waals surface area (Å²) < 4.78 is 5.77. The third-order valence-corrected chi connectivity index (χ3v) is 4.44. The number of aromatic nitrogens is 1. The van der Waals surface area contributed by atoms with Crippen LogP contribution in [0, 0.1) is 6.92 Å². The van der Waals surface area contributed by atoms with Crippen molar-refractivity contribution in [3.8, 4) is 11.3 Å². The standard InChI is InChI=1S/C17H20ClN3O3/c1-11-16(12-4-6-13(18)7-5-12)24-15(20-11)9-19-17(23)21-8-2-3-14(21)10-22/h4-7,14,22H,2-3,8-10H2,1H3,(H,19,23)/t14-/m0/s1. The molecule has 3 rings (SSSR count). The molecule has 2 N–H and O–H groups in total. The predicted octanol–water partition coefficient (Wildman–Crippen LogP) is 2.97. The Bertz CT molecular complexity index is 714. The molecule has 2 amide bonds. The molecule has 6 nitrogen and oxygen atoms in total. The SMILES string of the molecule is Cc1nc(CNC(=O)N2CCC[C@H]2CO)oc1-c1ccc(Cl)cc1. The van der Waals surface area contributed by atoms with Crippen LogP contribution in [0.2, 0.25) is 5.02 Å². The quantitative estimate of drug-likeness (QED) is 0.889. The van der Waals surface area contributed by atoms with E-state index in [4.69, 9.17) is 16.0 Å². The van der Waals surface area contributed by atoms with E-state index in [2.05, 4.69) is 10.3 Å². The first kappa shape index (κ1) is 16.8. The van der Waals surface area contributed by atoms with Crippen molar-refractivity contribution in [1.82, 2.24) is 15.2 Å². The van der Waals surface area contributed by atoms with Crippen LogP contribution in [0.4, 0.5) is 4.79 Å². The zero-order valence-corrected chi connectivity index (χ0v) is 14.2. The highest BCUT2D eigenvalue weighted by atomic mass is 35.5. The molecule has 1 atom stereocenters. The van der Waals surface area contributed by atoms with E-state index in [1.165, 1.54) is 0 Å². The molecule has 0 radical (unpaired) electrons. The Morgan fingerprint density at radius 1 is 1.46 bits per heavy atom. The largest absolute Gasteiger partial charge is 0.438 e. The summed E-state index contributed by atoms with van der Waals surface area (Å²) >= 11 is 5.90. The molecular weight excluding hydrogens is 330 g/mol. The fourth-order valence-electron chi connectivity index (χ4n) is 2.94. The molecule has 24 heavy (non-hydrogen) atoms. The minimum atomic E-state index is -0.199. The van der Waals surface area contributed by atoms with E-state index in [-0.39, 0.29) is 25.2 Å². The van der Waals surface area contributed by atoms with Gasteiger partial charge in [0.2, 0.25) is 5.89 Å². The van der Waals surface area contributed by atoms with Gasteiger partial charge in [0.05, 0.1) is 24.9 Å². The molecule has 0 spiro atoms. The molecule has 0 unspecified atom stereocenters. The summed E-state index contributed by atoms with van der Waals surface area (Å²) in [6.07, 6.45) is 1.75. The number of aliphatic hydroxyl groups excluding tert-OH is 1. The summed E-state index contributed by atoms with van der Waals surface area (Å²) in [4.78, 5) is 18.2. The van der Waals surface area contributed by atoms with Crippen LogP contribution in [0.1, 0.15) is 24.4 Å². The Morgan fingerprint density at radius 2 is 2.21 bits per heavy atom. The second kappa shape index (κ2) is 7.23. The molecule has 1 aromatic heterocycles. The summed E-state index contributed by atoms with van der Waals surface area (Å²) in [5, 5.41) is 12.8. The second-order valence-electron chi connectivity index (χ2n) is 5.86. The Labute approximate surface area is 145 Å². The van der Waals surface area contributed by atoms with Crippen molar-refractivity contribution in [2.45, 2.75) is 32.4 Å². The molecule has 2 aromatic rings. The van der Waals surface area contributed by atoms with Gasteiger partial charge in [0.25, 0.3) is 0 Å². The maximum atomic E-state index is 12.2. The van der Waals surface area contributed by atoms with Crippen LogP contribution >= 0.6 is 11.6 Å². The number of carbonyl (C=O) groups excluding carboxylic acids is 1. The fourth-order valence-corrected chi connectivity index (χ4v) is 3.07. The molecule has 0 saturated carbocycles. The summed E-state index contributed by atoms with van der Waals surface area (Å²) in [6, 6.07) is 7.03. The number of carbonyl (C=O) groups is 1. The minimum absolute atomic E-state index is 0.00769. The van der Waals surface area contributed by atoms with Crippen molar-refractivity contribution >= 4 is 17.6 Å². The summed E-state index contributed by atoms with van der Waals surface area (Å²) in [5.74, 6) is 1.12. The van der Waals surface area contributed by atoms with Gasteiger partial charge in [0.15, 0.2) is 5.76 Å². The van der Waals surface area contributed by atoms with Gasteiger partial charge < -0.3 is 19.7 Å². The van der Waals surface area contributed by atoms with E-state index < -0.39 is 0 Å². The first-order chi connectivity index (χ1) is 11.6. The van der Waals surface area contributed by atoms with Crippen molar-refractivity contribution in [3.05, 3.63) is 40.9 Å². The van der Waals surface area contributed by atoms with Gasteiger partial charge in [-0.05, 0) is 44.0 Å². The van der Waals surface area contributed by atoms with E-state index in [0.29, 0.717) is 23.2 Å². The summed E-state index contributed by atoms with van der Waals surface area (Å²) in [6.45, 7) is 2.73. The number of aryl methyl sites for hydroxylation is 1. The number of halogens is 1. The van der Waals surface area contributed by atoms with Gasteiger partial charge in [-0.2, -0.15) is 0 Å². The Hall–Kier alpha value is -2.05. The molecule has 1 saturated heterocycles. The minimum Gasteiger partial charge on any atom is -0.438 e. The van der Waals surface area contributed by atoms with Crippen molar-refractivity contribution in [2.24, 2.45) is 0 Å². The molecule has 1 aromatic carbocycles. The number of rotatable bonds is 4. The van der Waals surface area contributed by atoms with Crippen LogP contribution in [0.3, 0.4) is 0 Å². The third-order valence-electron chi connectivity index (χ3n) is 4.19. The zero-order chi connectivity index (χ0) is 17.1. The number of hydrogen-bond donors (Lipinski definition) is 2. The topological polar surface area (TPSA) is 78.6 Å². The first-order valence-electron chi connectivity index (χ1n) is 7.96. The van der Waals surface area contributed by atoms with Crippen molar-refractivity contribution in [2.75, 3.05) is 13.2 Å². The van der Waals surface area contributed by atoms with Gasteiger partial charge >= 0.3 is 6.03 Å². The highest BCUT2D eigenvalue weighted by molar-refractivity contribution is 6.30. The number of likely N-dealkylation sites (tertiary alicyclic amines) is 1. The highest BCUT2D eigenvalue weighted by Crippen LogP contribution is 2.26. The molecule has 2 heterocycles. The van der Waals surface area contributed by atoms with Crippen LogP contribution in [0.15, 0.2) is 28.7 Å². The van der Waals surface area contributed by atoms with Gasteiger partial charge in [0.1, 0.15) is 0 Å². The Balaban J connectivity index is 1.65. The molecule has 128 valence electrons. The third kappa shape index (κ3) is 3.55. The maximum absolute atomic E-state index is 12.2. The number of aliphatic hydroxyl groups is 1. The van der Waals surface area contributed by atoms with Crippen LogP contribution < -0.4 is 5.32 Å². The second-order valence-corrected chi connectivity index (χ2v) is 6.30. The summed E-state index contributed by atoms with van der Waals surface area (Å²) in [5.41, 5.74) is 1.65. The average Bonchev–Trinajstić information content (AvgIpc) is 3.20. The van der Waals surface area contributed by atoms with Crippen molar-refractivity contribution < 1.29 is 14.3 Å². The lowest BCUT2D eigenvalue weighted by molar-refractivity contribution is 0.156. The maximum Gasteiger partial charge on any atom is 0.318 e. The normalized spacial score (nSPS) is 17.3. The predicted molar refractivity (Wildman–Crippen MR) is 90.7 cm³/mol. The van der Waals surface area contributed by atoms with Crippen LogP contribution in [0.5, 0.6) is 0 Å². The van der Waals surface area contributed by atoms with Gasteiger partial charge in [0, 0.05) is 17.1 Å². The van der Waals surface area contributed by atoms with Crippen molar-refractivity contribution in [3.63, 3.8) is 0 Å². The number of urea groups is 1. The Morgan fingerprint density at radius 3 is 2.92 bits per heavy atom. The molecule has 0 aliphatic carbocycles. The number of hydrogen-bond acceptors (Lipinski definition) is 4. The van der Waals surface area contributed by atoms with E-state index in [9.17, 15) is 9.90 Å². The van der Waals surface area contributed by atoms with Gasteiger partial charge in [-0.3, -0.25) is 0 Å². The van der Waals surface area contributed by atoms with Crippen LogP contribution in [-0.4, -0.2) is 40.2 Å². The van der Waals surface area contributed by atoms with Gasteiger partial charge in [-0.25, -0.2) is 9.78 Å². The lowest BCUT2D eigenvalue weighted by atomic mass is 10.1. The Kier molecular flexibility index (Phi) is 5.06. The van der Waals surface area contributed by atoms with Gasteiger partial charge in [-0.1, -0.05) is 11.6 Å². The molecular formula is C17H20ClN3O3. The van der Waals surface area contributed by atoms with E-state index in [0.717, 1.165) is 24.1 Å². The first-order valence-corrected chi connectivity index (χ1v) is 8.34. The number of nitrogens with zero attached hydrogens (tertiary/aromatic N) is 2. The number of benzene rings is 1. The molecule has 1 aliphatic rings. The smallest absolute Gasteiger partial charge is 0.318 e. The molecule has 1 aliphatic heterocycles. The highest BCUT2D eigenvalue weighted by Gasteiger charge is 2.28. The zero-order valence-electron chi connectivity index (χ0n) is 13.5. The molecule has 7 heteroatoms. The fraction of sp³-hybridized carbons (Fsp3) is 0.412.